The zero-order chi connectivity index (χ0) is 9.26. The van der Waals surface area contributed by atoms with Gasteiger partial charge in [-0.2, -0.15) is 0 Å². The molecule has 1 heterocycles. The first kappa shape index (κ1) is 11.8. The number of hydrogen-bond donors (Lipinski definition) is 2. The van der Waals surface area contributed by atoms with Gasteiger partial charge in [0.05, 0.1) is 0 Å². The Morgan fingerprint density at radius 3 is 3.00 bits per heavy atom. The van der Waals surface area contributed by atoms with E-state index in [0.717, 1.165) is 23.1 Å². The van der Waals surface area contributed by atoms with Crippen molar-refractivity contribution in [2.24, 2.45) is 0 Å². The van der Waals surface area contributed by atoms with Crippen molar-refractivity contribution >= 4 is 32.9 Å². The molecule has 0 saturated heterocycles. The number of hydrogen-bond acceptors (Lipinski definition) is 3. The van der Waals surface area contributed by atoms with Gasteiger partial charge in [-0.1, -0.05) is 15.9 Å². The minimum atomic E-state index is 0. The summed E-state index contributed by atoms with van der Waals surface area (Å²) in [5, 5.41) is 12.8. The van der Waals surface area contributed by atoms with Crippen LogP contribution in [0.5, 0.6) is 11.5 Å². The van der Waals surface area contributed by atoms with Gasteiger partial charge in [-0.05, 0) is 12.1 Å². The zero-order valence-corrected chi connectivity index (χ0v) is 10.7. The van der Waals surface area contributed by atoms with E-state index in [9.17, 15) is 5.11 Å². The van der Waals surface area contributed by atoms with Crippen molar-refractivity contribution in [2.75, 3.05) is 13.2 Å². The predicted octanol–water partition coefficient (Wildman–Crippen LogP) is 2.21. The highest BCUT2D eigenvalue weighted by Crippen LogP contribution is 2.34. The van der Waals surface area contributed by atoms with E-state index >= 15 is 0 Å². The third-order valence-corrected chi connectivity index (χ3v) is 2.41. The van der Waals surface area contributed by atoms with Crippen LogP contribution < -0.4 is 10.1 Å². The highest BCUT2D eigenvalue weighted by atomic mass is 79.9. The Balaban J connectivity index is 0.000000980. The molecule has 0 aromatic heterocycles. The lowest BCUT2D eigenvalue weighted by Gasteiger charge is -2.08. The SMILES string of the molecule is Br.Oc1cc(Br)cc2c1OCCNC2. The summed E-state index contributed by atoms with van der Waals surface area (Å²) in [5.41, 5.74) is 0.990. The maximum Gasteiger partial charge on any atom is 0.165 e. The Labute approximate surface area is 101 Å². The summed E-state index contributed by atoms with van der Waals surface area (Å²) < 4.78 is 6.27. The van der Waals surface area contributed by atoms with Crippen LogP contribution in [0.4, 0.5) is 0 Å². The molecule has 2 N–H and O–H groups in total. The summed E-state index contributed by atoms with van der Waals surface area (Å²) >= 11 is 3.32. The molecule has 0 radical (unpaired) electrons. The quantitative estimate of drug-likeness (QED) is 0.769. The second-order valence-electron chi connectivity index (χ2n) is 2.94. The van der Waals surface area contributed by atoms with Gasteiger partial charge in [0, 0.05) is 23.1 Å². The maximum atomic E-state index is 9.58. The first-order chi connectivity index (χ1) is 6.27. The van der Waals surface area contributed by atoms with Crippen LogP contribution >= 0.6 is 32.9 Å². The lowest BCUT2D eigenvalue weighted by Crippen LogP contribution is -2.16. The fourth-order valence-corrected chi connectivity index (χ4v) is 1.87. The van der Waals surface area contributed by atoms with Crippen LogP contribution in [0.3, 0.4) is 0 Å². The van der Waals surface area contributed by atoms with Crippen LogP contribution in [0.25, 0.3) is 0 Å². The van der Waals surface area contributed by atoms with Gasteiger partial charge in [-0.3, -0.25) is 0 Å². The average Bonchev–Trinajstić information content (AvgIpc) is 2.28. The molecular formula is C9H11Br2NO2. The van der Waals surface area contributed by atoms with Crippen LogP contribution in [0.2, 0.25) is 0 Å². The molecule has 0 saturated carbocycles. The van der Waals surface area contributed by atoms with E-state index in [4.69, 9.17) is 4.74 Å². The molecule has 0 spiro atoms. The van der Waals surface area contributed by atoms with E-state index in [-0.39, 0.29) is 22.7 Å². The van der Waals surface area contributed by atoms with E-state index in [1.807, 2.05) is 6.07 Å². The topological polar surface area (TPSA) is 41.5 Å². The molecule has 1 aromatic carbocycles. The van der Waals surface area contributed by atoms with E-state index in [1.165, 1.54) is 0 Å². The van der Waals surface area contributed by atoms with Crippen molar-refractivity contribution in [3.05, 3.63) is 22.2 Å². The number of benzene rings is 1. The van der Waals surface area contributed by atoms with E-state index < -0.39 is 0 Å². The molecule has 0 bridgehead atoms. The zero-order valence-electron chi connectivity index (χ0n) is 7.42. The number of phenols is 1. The molecule has 0 fully saturated rings. The molecule has 2 rings (SSSR count). The van der Waals surface area contributed by atoms with Crippen LogP contribution in [-0.2, 0) is 6.54 Å². The summed E-state index contributed by atoms with van der Waals surface area (Å²) in [6.07, 6.45) is 0. The van der Waals surface area contributed by atoms with E-state index in [0.29, 0.717) is 12.4 Å². The van der Waals surface area contributed by atoms with Crippen LogP contribution in [-0.4, -0.2) is 18.3 Å². The molecule has 78 valence electrons. The summed E-state index contributed by atoms with van der Waals surface area (Å²) in [4.78, 5) is 0. The molecule has 14 heavy (non-hydrogen) atoms. The van der Waals surface area contributed by atoms with Crippen molar-refractivity contribution in [3.8, 4) is 11.5 Å². The van der Waals surface area contributed by atoms with Gasteiger partial charge in [-0.25, -0.2) is 0 Å². The number of rotatable bonds is 0. The van der Waals surface area contributed by atoms with Crippen LogP contribution in [0.15, 0.2) is 16.6 Å². The van der Waals surface area contributed by atoms with Gasteiger partial charge in [0.2, 0.25) is 0 Å². The molecule has 0 atom stereocenters. The lowest BCUT2D eigenvalue weighted by atomic mass is 10.2. The maximum absolute atomic E-state index is 9.58. The minimum Gasteiger partial charge on any atom is -0.504 e. The monoisotopic (exact) mass is 323 g/mol. The molecular weight excluding hydrogens is 314 g/mol. The fourth-order valence-electron chi connectivity index (χ4n) is 1.38. The molecule has 0 amide bonds. The third kappa shape index (κ3) is 2.40. The fraction of sp³-hybridized carbons (Fsp3) is 0.333. The molecule has 1 aliphatic heterocycles. The van der Waals surface area contributed by atoms with Crippen molar-refractivity contribution in [1.82, 2.24) is 5.32 Å². The molecule has 0 unspecified atom stereocenters. The molecule has 1 aromatic rings. The summed E-state index contributed by atoms with van der Waals surface area (Å²) in [7, 11) is 0. The summed E-state index contributed by atoms with van der Waals surface area (Å²) in [6.45, 7) is 2.15. The van der Waals surface area contributed by atoms with Gasteiger partial charge < -0.3 is 15.2 Å². The lowest BCUT2D eigenvalue weighted by molar-refractivity contribution is 0.307. The Hall–Kier alpha value is -0.260. The van der Waals surface area contributed by atoms with Gasteiger partial charge in [0.15, 0.2) is 11.5 Å². The molecule has 0 aliphatic carbocycles. The van der Waals surface area contributed by atoms with E-state index in [2.05, 4.69) is 21.2 Å². The largest absolute Gasteiger partial charge is 0.504 e. The molecule has 1 aliphatic rings. The average molecular weight is 325 g/mol. The summed E-state index contributed by atoms with van der Waals surface area (Å²) in [6, 6.07) is 3.59. The van der Waals surface area contributed by atoms with Crippen molar-refractivity contribution < 1.29 is 9.84 Å². The second-order valence-corrected chi connectivity index (χ2v) is 3.85. The Morgan fingerprint density at radius 2 is 2.21 bits per heavy atom. The number of aromatic hydroxyl groups is 1. The van der Waals surface area contributed by atoms with Crippen molar-refractivity contribution in [2.45, 2.75) is 6.54 Å². The number of ether oxygens (including phenoxy) is 1. The van der Waals surface area contributed by atoms with Gasteiger partial charge in [-0.15, -0.1) is 17.0 Å². The van der Waals surface area contributed by atoms with Crippen molar-refractivity contribution in [1.29, 1.82) is 0 Å². The number of phenolic OH excluding ortho intramolecular Hbond substituents is 1. The Bertz CT molecular complexity index is 331. The Morgan fingerprint density at radius 1 is 1.43 bits per heavy atom. The predicted molar refractivity (Wildman–Crippen MR) is 63.3 cm³/mol. The summed E-state index contributed by atoms with van der Waals surface area (Å²) in [5.74, 6) is 0.807. The van der Waals surface area contributed by atoms with Crippen LogP contribution in [0, 0.1) is 0 Å². The number of nitrogens with one attached hydrogen (secondary N) is 1. The first-order valence-electron chi connectivity index (χ1n) is 4.12. The molecule has 5 heteroatoms. The van der Waals surface area contributed by atoms with Gasteiger partial charge >= 0.3 is 0 Å². The normalized spacial score (nSPS) is 14.6. The van der Waals surface area contributed by atoms with Gasteiger partial charge in [0.25, 0.3) is 0 Å². The number of halogens is 2. The standard InChI is InChI=1S/C9H10BrNO2.BrH/c10-7-3-6-5-11-1-2-13-9(6)8(12)4-7;/h3-4,11-12H,1-2,5H2;1H. The van der Waals surface area contributed by atoms with Crippen molar-refractivity contribution in [3.63, 3.8) is 0 Å². The first-order valence-corrected chi connectivity index (χ1v) is 4.91. The van der Waals surface area contributed by atoms with Crippen LogP contribution in [0.1, 0.15) is 5.56 Å². The van der Waals surface area contributed by atoms with Gasteiger partial charge in [0.1, 0.15) is 6.61 Å². The second kappa shape index (κ2) is 5.00. The number of fused-ring (bicyclic) bond motifs is 1. The minimum absolute atomic E-state index is 0. The molecule has 3 nitrogen and oxygen atoms in total. The third-order valence-electron chi connectivity index (χ3n) is 1.95. The highest BCUT2D eigenvalue weighted by Gasteiger charge is 2.13. The highest BCUT2D eigenvalue weighted by molar-refractivity contribution is 9.10. The Kier molecular flexibility index (Phi) is 4.22. The smallest absolute Gasteiger partial charge is 0.165 e. The van der Waals surface area contributed by atoms with E-state index in [1.54, 1.807) is 6.07 Å².